The zero-order valence-corrected chi connectivity index (χ0v) is 14.2. The number of nitrogens with zero attached hydrogens (tertiary/aromatic N) is 2. The average Bonchev–Trinajstić information content (AvgIpc) is 2.93. The molecule has 6 nitrogen and oxygen atoms in total. The molecular weight excluding hydrogens is 312 g/mol. The normalized spacial score (nSPS) is 18.5. The molecule has 1 atom stereocenters. The maximum absolute atomic E-state index is 6.72. The molecule has 6 heteroatoms. The summed E-state index contributed by atoms with van der Waals surface area (Å²) in [6, 6.07) is 16.0. The van der Waals surface area contributed by atoms with E-state index in [1.165, 1.54) is 0 Å². The molecule has 5 N–H and O–H groups in total. The van der Waals surface area contributed by atoms with Crippen LogP contribution in [0.3, 0.4) is 0 Å². The Morgan fingerprint density at radius 1 is 1.00 bits per heavy atom. The Bertz CT molecular complexity index is 904. The third kappa shape index (κ3) is 2.61. The number of nitrogens with one attached hydrogen (secondary N) is 3. The number of aryl methyl sites for hydroxylation is 2. The van der Waals surface area contributed by atoms with Crippen LogP contribution in [0.2, 0.25) is 0 Å². The van der Waals surface area contributed by atoms with E-state index < -0.39 is 5.66 Å². The van der Waals surface area contributed by atoms with Gasteiger partial charge in [-0.05, 0) is 42.7 Å². The number of hydrogen-bond donors (Lipinski definition) is 4. The Kier molecular flexibility index (Phi) is 3.63. The van der Waals surface area contributed by atoms with E-state index in [0.717, 1.165) is 27.9 Å². The van der Waals surface area contributed by atoms with E-state index in [9.17, 15) is 0 Å². The van der Waals surface area contributed by atoms with E-state index in [1.54, 1.807) is 6.20 Å². The van der Waals surface area contributed by atoms with Crippen molar-refractivity contribution < 1.29 is 0 Å². The van der Waals surface area contributed by atoms with E-state index >= 15 is 0 Å². The molecule has 1 aliphatic rings. The van der Waals surface area contributed by atoms with Crippen LogP contribution < -0.4 is 21.9 Å². The van der Waals surface area contributed by atoms with Crippen LogP contribution in [0.25, 0.3) is 0 Å². The maximum Gasteiger partial charge on any atom is 0.229 e. The van der Waals surface area contributed by atoms with E-state index in [4.69, 9.17) is 5.73 Å². The molecule has 1 aliphatic heterocycles. The molecule has 4 rings (SSSR count). The largest absolute Gasteiger partial charge is 0.324 e. The van der Waals surface area contributed by atoms with E-state index in [-0.39, 0.29) is 0 Å². The lowest BCUT2D eigenvalue weighted by Crippen LogP contribution is -2.50. The first-order chi connectivity index (χ1) is 12.1. The topological polar surface area (TPSA) is 87.9 Å². The Morgan fingerprint density at radius 2 is 1.72 bits per heavy atom. The fourth-order valence-electron chi connectivity index (χ4n) is 3.34. The number of rotatable bonds is 3. The van der Waals surface area contributed by atoms with Crippen LogP contribution in [0.15, 0.2) is 54.7 Å². The summed E-state index contributed by atoms with van der Waals surface area (Å²) in [4.78, 5) is 9.00. The molecule has 2 aromatic carbocycles. The fourth-order valence-corrected chi connectivity index (χ4v) is 3.34. The number of anilines is 3. The summed E-state index contributed by atoms with van der Waals surface area (Å²) in [6.07, 6.45) is 1.77. The molecule has 25 heavy (non-hydrogen) atoms. The minimum absolute atomic E-state index is 0.519. The highest BCUT2D eigenvalue weighted by molar-refractivity contribution is 5.62. The van der Waals surface area contributed by atoms with Crippen LogP contribution in [0, 0.1) is 13.8 Å². The van der Waals surface area contributed by atoms with Crippen LogP contribution in [0.5, 0.6) is 0 Å². The highest BCUT2D eigenvalue weighted by Gasteiger charge is 2.40. The Morgan fingerprint density at radius 3 is 2.44 bits per heavy atom. The van der Waals surface area contributed by atoms with Crippen molar-refractivity contribution in [2.75, 3.05) is 10.7 Å². The van der Waals surface area contributed by atoms with Gasteiger partial charge in [0, 0.05) is 11.9 Å². The summed E-state index contributed by atoms with van der Waals surface area (Å²) < 4.78 is 0. The summed E-state index contributed by atoms with van der Waals surface area (Å²) in [5.41, 5.74) is 17.2. The Labute approximate surface area is 146 Å². The monoisotopic (exact) mass is 332 g/mol. The van der Waals surface area contributed by atoms with E-state index in [1.807, 2.05) is 36.4 Å². The lowest BCUT2D eigenvalue weighted by molar-refractivity contribution is 0.477. The number of hydrazine groups is 1. The zero-order valence-electron chi connectivity index (χ0n) is 14.2. The van der Waals surface area contributed by atoms with Gasteiger partial charge in [0.2, 0.25) is 5.95 Å². The molecule has 0 radical (unpaired) electrons. The lowest BCUT2D eigenvalue weighted by atomic mass is 9.88. The van der Waals surface area contributed by atoms with Gasteiger partial charge in [-0.1, -0.05) is 36.4 Å². The highest BCUT2D eigenvalue weighted by Crippen LogP contribution is 2.36. The van der Waals surface area contributed by atoms with Gasteiger partial charge in [-0.2, -0.15) is 4.98 Å². The summed E-state index contributed by atoms with van der Waals surface area (Å²) >= 11 is 0. The van der Waals surface area contributed by atoms with Crippen LogP contribution in [-0.2, 0) is 5.66 Å². The molecule has 0 saturated carbocycles. The van der Waals surface area contributed by atoms with Gasteiger partial charge in [0.1, 0.15) is 5.66 Å². The predicted molar refractivity (Wildman–Crippen MR) is 99.4 cm³/mol. The van der Waals surface area contributed by atoms with Gasteiger partial charge in [0.05, 0.1) is 5.56 Å². The summed E-state index contributed by atoms with van der Waals surface area (Å²) in [5.74, 6) is 1.20. The Balaban J connectivity index is 1.72. The number of para-hydroxylation sites is 1. The van der Waals surface area contributed by atoms with Crippen molar-refractivity contribution in [2.24, 2.45) is 5.73 Å². The second kappa shape index (κ2) is 5.84. The first kappa shape index (κ1) is 15.6. The molecule has 126 valence electrons. The SMILES string of the molecule is Cc1cccc(C)c1C1(N)NNc2nc(Nc3ccccc3)ncc21. The predicted octanol–water partition coefficient (Wildman–Crippen LogP) is 2.93. The van der Waals surface area contributed by atoms with E-state index in [0.29, 0.717) is 11.8 Å². The molecule has 0 aliphatic carbocycles. The minimum atomic E-state index is -0.865. The van der Waals surface area contributed by atoms with Crippen LogP contribution in [0.1, 0.15) is 22.3 Å². The van der Waals surface area contributed by atoms with E-state index in [2.05, 4.69) is 52.1 Å². The van der Waals surface area contributed by atoms with Crippen molar-refractivity contribution >= 4 is 17.5 Å². The molecule has 0 fully saturated rings. The van der Waals surface area contributed by atoms with Crippen LogP contribution >= 0.6 is 0 Å². The Hall–Kier alpha value is -2.96. The van der Waals surface area contributed by atoms with Crippen LogP contribution in [-0.4, -0.2) is 9.97 Å². The van der Waals surface area contributed by atoms with Gasteiger partial charge in [-0.15, -0.1) is 0 Å². The number of benzene rings is 2. The van der Waals surface area contributed by atoms with Gasteiger partial charge < -0.3 is 16.5 Å². The zero-order chi connectivity index (χ0) is 17.4. The number of hydrogen-bond acceptors (Lipinski definition) is 6. The summed E-state index contributed by atoms with van der Waals surface area (Å²) in [5, 5.41) is 3.19. The van der Waals surface area contributed by atoms with Gasteiger partial charge in [0.15, 0.2) is 5.82 Å². The highest BCUT2D eigenvalue weighted by atomic mass is 15.5. The van der Waals surface area contributed by atoms with Gasteiger partial charge in [-0.25, -0.2) is 10.4 Å². The lowest BCUT2D eigenvalue weighted by Gasteiger charge is -2.28. The van der Waals surface area contributed by atoms with Crippen molar-refractivity contribution in [3.05, 3.63) is 77.0 Å². The number of aromatic nitrogens is 2. The maximum atomic E-state index is 6.72. The molecule has 2 heterocycles. The van der Waals surface area contributed by atoms with Gasteiger partial charge in [-0.3, -0.25) is 0 Å². The fraction of sp³-hybridized carbons (Fsp3) is 0.158. The third-order valence-electron chi connectivity index (χ3n) is 4.50. The van der Waals surface area contributed by atoms with Crippen molar-refractivity contribution in [1.29, 1.82) is 0 Å². The van der Waals surface area contributed by atoms with Gasteiger partial charge in [0.25, 0.3) is 0 Å². The number of fused-ring (bicyclic) bond motifs is 1. The molecular formula is C19H20N6. The van der Waals surface area contributed by atoms with Crippen molar-refractivity contribution in [1.82, 2.24) is 15.4 Å². The number of nitrogens with two attached hydrogens (primary N) is 1. The van der Waals surface area contributed by atoms with Crippen molar-refractivity contribution in [3.63, 3.8) is 0 Å². The second-order valence-electron chi connectivity index (χ2n) is 6.27. The van der Waals surface area contributed by atoms with Crippen molar-refractivity contribution in [2.45, 2.75) is 19.5 Å². The third-order valence-corrected chi connectivity index (χ3v) is 4.50. The first-order valence-electron chi connectivity index (χ1n) is 8.16. The molecule has 0 bridgehead atoms. The molecule has 0 amide bonds. The minimum Gasteiger partial charge on any atom is -0.324 e. The smallest absolute Gasteiger partial charge is 0.229 e. The molecule has 1 aromatic heterocycles. The molecule has 3 aromatic rings. The molecule has 0 saturated heterocycles. The average molecular weight is 332 g/mol. The first-order valence-corrected chi connectivity index (χ1v) is 8.16. The van der Waals surface area contributed by atoms with Crippen molar-refractivity contribution in [3.8, 4) is 0 Å². The molecule has 1 unspecified atom stereocenters. The van der Waals surface area contributed by atoms with Crippen LogP contribution in [0.4, 0.5) is 17.5 Å². The summed E-state index contributed by atoms with van der Waals surface area (Å²) in [7, 11) is 0. The summed E-state index contributed by atoms with van der Waals surface area (Å²) in [6.45, 7) is 4.12. The second-order valence-corrected chi connectivity index (χ2v) is 6.27. The quantitative estimate of drug-likeness (QED) is 0.590. The molecule has 0 spiro atoms. The van der Waals surface area contributed by atoms with Gasteiger partial charge >= 0.3 is 0 Å². The standard InChI is InChI=1S/C19H20N6/c1-12-7-6-8-13(2)16(12)19(20)15-11-21-18(23-17(15)24-25-19)22-14-9-4-3-5-10-14/h3-11,25H,20H2,1-2H3,(H2,21,22,23,24).